The monoisotopic (exact) mass is 368 g/mol. The summed E-state index contributed by atoms with van der Waals surface area (Å²) < 4.78 is 1.40. The lowest BCUT2D eigenvalue weighted by molar-refractivity contribution is 0.171. The van der Waals surface area contributed by atoms with Crippen molar-refractivity contribution < 1.29 is 0 Å². The van der Waals surface area contributed by atoms with Crippen LogP contribution in [0.1, 0.15) is 35.5 Å². The number of aryl methyl sites for hydroxylation is 2. The number of benzene rings is 1. The first-order valence-corrected chi connectivity index (χ1v) is 10.1. The second-order valence-electron chi connectivity index (χ2n) is 7.14. The molecule has 0 amide bonds. The molecule has 0 bridgehead atoms. The molecule has 0 aliphatic carbocycles. The summed E-state index contributed by atoms with van der Waals surface area (Å²) in [4.78, 5) is 19.9. The molecule has 1 saturated heterocycles. The number of hydrogen-bond acceptors (Lipinski definition) is 5. The van der Waals surface area contributed by atoms with Crippen LogP contribution in [-0.4, -0.2) is 32.6 Å². The van der Waals surface area contributed by atoms with Gasteiger partial charge in [-0.1, -0.05) is 41.7 Å². The molecule has 0 N–H and O–H groups in total. The van der Waals surface area contributed by atoms with Gasteiger partial charge in [-0.05, 0) is 57.2 Å². The molecule has 26 heavy (non-hydrogen) atoms. The van der Waals surface area contributed by atoms with E-state index < -0.39 is 0 Å². The number of likely N-dealkylation sites (tertiary alicyclic amines) is 1. The van der Waals surface area contributed by atoms with Crippen molar-refractivity contribution in [2.45, 2.75) is 39.2 Å². The zero-order chi connectivity index (χ0) is 17.9. The Hall–Kier alpha value is -2.05. The quantitative estimate of drug-likeness (QED) is 0.693. The average Bonchev–Trinajstić information content (AvgIpc) is 3.03. The molecule has 1 aliphatic rings. The summed E-state index contributed by atoms with van der Waals surface area (Å²) in [6.07, 6.45) is 4.90. The topological polar surface area (TPSA) is 50.5 Å². The molecule has 5 nitrogen and oxygen atoms in total. The standard InChI is InChI=1S/C20H24N4OS/c1-15-22-24-19(25)13-18(21-20(24)26-15)14-23-11-9-17(10-12-23)8-7-16-5-3-2-4-6-16/h2-6,13,17H,7-12,14H2,1H3. The van der Waals surface area contributed by atoms with Crippen molar-refractivity contribution in [3.8, 4) is 0 Å². The molecule has 3 aromatic rings. The third-order valence-corrected chi connectivity index (χ3v) is 6.00. The summed E-state index contributed by atoms with van der Waals surface area (Å²) in [5.74, 6) is 0.802. The number of fused-ring (bicyclic) bond motifs is 1. The van der Waals surface area contributed by atoms with Gasteiger partial charge in [-0.2, -0.15) is 9.61 Å². The molecule has 0 saturated carbocycles. The predicted octanol–water partition coefficient (Wildman–Crippen LogP) is 3.30. The Morgan fingerprint density at radius 2 is 1.96 bits per heavy atom. The van der Waals surface area contributed by atoms with Crippen LogP contribution < -0.4 is 5.56 Å². The van der Waals surface area contributed by atoms with E-state index >= 15 is 0 Å². The number of rotatable bonds is 5. The van der Waals surface area contributed by atoms with Crippen LogP contribution in [0.25, 0.3) is 4.96 Å². The van der Waals surface area contributed by atoms with Crippen LogP contribution in [0.4, 0.5) is 0 Å². The Balaban J connectivity index is 1.32. The Bertz CT molecular complexity index is 926. The van der Waals surface area contributed by atoms with E-state index in [4.69, 9.17) is 0 Å². The minimum Gasteiger partial charge on any atom is -0.297 e. The van der Waals surface area contributed by atoms with E-state index in [-0.39, 0.29) is 5.56 Å². The summed E-state index contributed by atoms with van der Waals surface area (Å²) in [7, 11) is 0. The van der Waals surface area contributed by atoms with Crippen LogP contribution >= 0.6 is 11.3 Å². The summed E-state index contributed by atoms with van der Waals surface area (Å²) in [5, 5.41) is 5.07. The lowest BCUT2D eigenvalue weighted by Gasteiger charge is -2.31. The van der Waals surface area contributed by atoms with Crippen LogP contribution in [0.3, 0.4) is 0 Å². The highest BCUT2D eigenvalue weighted by atomic mass is 32.1. The van der Waals surface area contributed by atoms with Crippen molar-refractivity contribution in [1.29, 1.82) is 0 Å². The van der Waals surface area contributed by atoms with E-state index in [1.165, 1.54) is 47.1 Å². The van der Waals surface area contributed by atoms with Crippen LogP contribution in [0.5, 0.6) is 0 Å². The van der Waals surface area contributed by atoms with E-state index in [0.29, 0.717) is 4.96 Å². The van der Waals surface area contributed by atoms with Gasteiger partial charge in [0.1, 0.15) is 5.01 Å². The van der Waals surface area contributed by atoms with Gasteiger partial charge in [0.2, 0.25) is 4.96 Å². The van der Waals surface area contributed by atoms with E-state index in [0.717, 1.165) is 36.3 Å². The Morgan fingerprint density at radius 3 is 2.73 bits per heavy atom. The summed E-state index contributed by atoms with van der Waals surface area (Å²) >= 11 is 1.47. The minimum atomic E-state index is -0.0768. The van der Waals surface area contributed by atoms with E-state index in [2.05, 4.69) is 45.3 Å². The highest BCUT2D eigenvalue weighted by Crippen LogP contribution is 2.23. The van der Waals surface area contributed by atoms with Crippen molar-refractivity contribution >= 4 is 16.3 Å². The third-order valence-electron chi connectivity index (χ3n) is 5.18. The van der Waals surface area contributed by atoms with E-state index in [1.807, 2.05) is 6.92 Å². The molecule has 0 unspecified atom stereocenters. The van der Waals surface area contributed by atoms with Crippen molar-refractivity contribution in [2.24, 2.45) is 5.92 Å². The molecule has 136 valence electrons. The zero-order valence-corrected chi connectivity index (χ0v) is 15.9. The Kier molecular flexibility index (Phi) is 5.13. The summed E-state index contributed by atoms with van der Waals surface area (Å²) in [6.45, 7) is 4.83. The van der Waals surface area contributed by atoms with Gasteiger partial charge in [-0.3, -0.25) is 9.69 Å². The first-order chi connectivity index (χ1) is 12.7. The molecule has 0 spiro atoms. The van der Waals surface area contributed by atoms with E-state index in [1.54, 1.807) is 6.07 Å². The Labute approximate surface area is 157 Å². The van der Waals surface area contributed by atoms with Gasteiger partial charge < -0.3 is 0 Å². The fraction of sp³-hybridized carbons (Fsp3) is 0.450. The summed E-state index contributed by atoms with van der Waals surface area (Å²) in [5.41, 5.74) is 2.22. The molecule has 1 fully saturated rings. The smallest absolute Gasteiger partial charge is 0.275 e. The van der Waals surface area contributed by atoms with Gasteiger partial charge >= 0.3 is 0 Å². The molecule has 1 aromatic carbocycles. The highest BCUT2D eigenvalue weighted by molar-refractivity contribution is 7.16. The van der Waals surface area contributed by atoms with Gasteiger partial charge in [0.25, 0.3) is 5.56 Å². The first kappa shape index (κ1) is 17.4. The summed E-state index contributed by atoms with van der Waals surface area (Å²) in [6, 6.07) is 12.4. The van der Waals surface area contributed by atoms with Gasteiger partial charge in [0, 0.05) is 12.6 Å². The lowest BCUT2D eigenvalue weighted by atomic mass is 9.90. The SMILES string of the molecule is Cc1nn2c(=O)cc(CN3CCC(CCc4ccccc4)CC3)nc2s1. The van der Waals surface area contributed by atoms with Crippen molar-refractivity contribution in [3.05, 3.63) is 63.0 Å². The van der Waals surface area contributed by atoms with Gasteiger partial charge in [-0.25, -0.2) is 4.98 Å². The zero-order valence-electron chi connectivity index (χ0n) is 15.1. The molecule has 0 atom stereocenters. The molecular weight excluding hydrogens is 344 g/mol. The van der Waals surface area contributed by atoms with Gasteiger partial charge in [-0.15, -0.1) is 0 Å². The van der Waals surface area contributed by atoms with Gasteiger partial charge in [0.15, 0.2) is 0 Å². The molecule has 0 radical (unpaired) electrons. The van der Waals surface area contributed by atoms with Crippen LogP contribution in [-0.2, 0) is 13.0 Å². The maximum absolute atomic E-state index is 12.2. The normalized spacial score (nSPS) is 16.3. The van der Waals surface area contributed by atoms with Crippen molar-refractivity contribution in [3.63, 3.8) is 0 Å². The maximum atomic E-state index is 12.2. The highest BCUT2D eigenvalue weighted by Gasteiger charge is 2.20. The third kappa shape index (κ3) is 4.02. The van der Waals surface area contributed by atoms with Gasteiger partial charge in [0.05, 0.1) is 5.69 Å². The molecular formula is C20H24N4OS. The predicted molar refractivity (Wildman–Crippen MR) is 105 cm³/mol. The number of aromatic nitrogens is 3. The molecule has 2 aromatic heterocycles. The van der Waals surface area contributed by atoms with E-state index in [9.17, 15) is 4.79 Å². The van der Waals surface area contributed by atoms with Crippen LogP contribution in [0, 0.1) is 12.8 Å². The minimum absolute atomic E-state index is 0.0768. The molecule has 1 aliphatic heterocycles. The van der Waals surface area contributed by atoms with Crippen molar-refractivity contribution in [1.82, 2.24) is 19.5 Å². The number of nitrogens with zero attached hydrogens (tertiary/aromatic N) is 4. The largest absolute Gasteiger partial charge is 0.297 e. The second-order valence-corrected chi connectivity index (χ2v) is 8.31. The van der Waals surface area contributed by atoms with Crippen LogP contribution in [0.2, 0.25) is 0 Å². The second kappa shape index (κ2) is 7.68. The lowest BCUT2D eigenvalue weighted by Crippen LogP contribution is -2.34. The number of hydrogen-bond donors (Lipinski definition) is 0. The number of piperidine rings is 1. The molecule has 4 rings (SSSR count). The molecule has 6 heteroatoms. The molecule has 3 heterocycles. The first-order valence-electron chi connectivity index (χ1n) is 9.30. The Morgan fingerprint density at radius 1 is 1.19 bits per heavy atom. The van der Waals surface area contributed by atoms with Crippen molar-refractivity contribution in [2.75, 3.05) is 13.1 Å². The fourth-order valence-electron chi connectivity index (χ4n) is 3.71. The fourth-order valence-corrected chi connectivity index (χ4v) is 4.48. The average molecular weight is 369 g/mol. The van der Waals surface area contributed by atoms with Crippen LogP contribution in [0.15, 0.2) is 41.2 Å². The maximum Gasteiger partial charge on any atom is 0.275 e.